The van der Waals surface area contributed by atoms with E-state index in [9.17, 15) is 9.59 Å². The highest BCUT2D eigenvalue weighted by atomic mass is 16.7. The van der Waals surface area contributed by atoms with Crippen LogP contribution in [0.1, 0.15) is 0 Å². The molecule has 154 valence electrons. The summed E-state index contributed by atoms with van der Waals surface area (Å²) >= 11 is 0. The molecule has 3 aromatic carbocycles. The predicted octanol–water partition coefficient (Wildman–Crippen LogP) is 2.81. The molecule has 0 aromatic heterocycles. The van der Waals surface area contributed by atoms with Crippen molar-refractivity contribution in [2.75, 3.05) is 25.8 Å². The van der Waals surface area contributed by atoms with E-state index in [0.29, 0.717) is 22.9 Å². The minimum atomic E-state index is -0.609. The van der Waals surface area contributed by atoms with Crippen LogP contribution in [0.25, 0.3) is 10.8 Å². The smallest absolute Gasteiger partial charge is 0.337 e. The normalized spacial score (nSPS) is 11.6. The molecule has 0 saturated carbocycles. The molecule has 4 rings (SSSR count). The third-order valence-corrected chi connectivity index (χ3v) is 4.33. The van der Waals surface area contributed by atoms with Gasteiger partial charge in [0, 0.05) is 11.8 Å². The van der Waals surface area contributed by atoms with Crippen LogP contribution in [-0.4, -0.2) is 32.4 Å². The number of carbonyl (C=O) groups excluding carboxylic acids is 2. The van der Waals surface area contributed by atoms with Crippen LogP contribution in [0.5, 0.6) is 23.0 Å². The van der Waals surface area contributed by atoms with Crippen LogP contribution in [0, 0.1) is 0 Å². The number of carbonyl (C=O) groups is 2. The zero-order chi connectivity index (χ0) is 20.9. The summed E-state index contributed by atoms with van der Waals surface area (Å²) in [5.41, 5.74) is 5.04. The fraction of sp³-hybridized carbons (Fsp3) is 0.143. The van der Waals surface area contributed by atoms with Gasteiger partial charge in [-0.2, -0.15) is 0 Å². The maximum absolute atomic E-state index is 11.9. The number of hydrogen-bond acceptors (Lipinski definition) is 6. The van der Waals surface area contributed by atoms with E-state index in [0.717, 1.165) is 16.5 Å². The number of ether oxygens (including phenoxy) is 4. The largest absolute Gasteiger partial charge is 0.497 e. The van der Waals surface area contributed by atoms with Gasteiger partial charge in [-0.3, -0.25) is 10.2 Å². The minimum Gasteiger partial charge on any atom is -0.497 e. The number of methoxy groups -OCH3 is 1. The molecule has 3 N–H and O–H groups in total. The number of urea groups is 1. The van der Waals surface area contributed by atoms with E-state index < -0.39 is 11.9 Å². The Balaban J connectivity index is 1.24. The van der Waals surface area contributed by atoms with Crippen molar-refractivity contribution in [3.63, 3.8) is 0 Å². The summed E-state index contributed by atoms with van der Waals surface area (Å²) < 4.78 is 21.1. The molecule has 0 fully saturated rings. The highest BCUT2D eigenvalue weighted by Gasteiger charge is 2.14. The van der Waals surface area contributed by atoms with Crippen LogP contribution in [-0.2, 0) is 4.79 Å². The standard InChI is InChI=1S/C21H19N3O6/c1-27-16-5-2-14-9-17(6-3-13(14)8-16)28-11-20(25)23-24-21(26)22-15-4-7-18-19(10-15)30-12-29-18/h2-10H,11-12H2,1H3,(H,23,25)(H2,22,24,26). The summed E-state index contributed by atoms with van der Waals surface area (Å²) in [5, 5.41) is 4.53. The second kappa shape index (κ2) is 8.48. The lowest BCUT2D eigenvalue weighted by Gasteiger charge is -2.11. The molecular weight excluding hydrogens is 390 g/mol. The Labute approximate surface area is 171 Å². The fourth-order valence-corrected chi connectivity index (χ4v) is 2.87. The molecule has 0 aliphatic carbocycles. The van der Waals surface area contributed by atoms with Crippen LogP contribution < -0.4 is 35.1 Å². The lowest BCUT2D eigenvalue weighted by atomic mass is 10.1. The second-order valence-electron chi connectivity index (χ2n) is 6.36. The third kappa shape index (κ3) is 4.46. The van der Waals surface area contributed by atoms with Gasteiger partial charge < -0.3 is 24.3 Å². The summed E-state index contributed by atoms with van der Waals surface area (Å²) in [6.07, 6.45) is 0. The number of benzene rings is 3. The highest BCUT2D eigenvalue weighted by molar-refractivity contribution is 5.91. The average Bonchev–Trinajstić information content (AvgIpc) is 3.23. The van der Waals surface area contributed by atoms with Crippen molar-refractivity contribution in [2.45, 2.75) is 0 Å². The summed E-state index contributed by atoms with van der Waals surface area (Å²) in [7, 11) is 1.61. The lowest BCUT2D eigenvalue weighted by molar-refractivity contribution is -0.123. The van der Waals surface area contributed by atoms with Crippen LogP contribution in [0.2, 0.25) is 0 Å². The summed E-state index contributed by atoms with van der Waals surface area (Å²) in [4.78, 5) is 23.9. The number of rotatable bonds is 5. The van der Waals surface area contributed by atoms with Gasteiger partial charge in [-0.1, -0.05) is 12.1 Å². The zero-order valence-electron chi connectivity index (χ0n) is 16.1. The predicted molar refractivity (Wildman–Crippen MR) is 109 cm³/mol. The molecule has 30 heavy (non-hydrogen) atoms. The monoisotopic (exact) mass is 409 g/mol. The van der Waals surface area contributed by atoms with E-state index in [1.165, 1.54) is 0 Å². The SMILES string of the molecule is COc1ccc2cc(OCC(=O)NNC(=O)Nc3ccc4c(c3)OCO4)ccc2c1. The van der Waals surface area contributed by atoms with E-state index in [4.69, 9.17) is 18.9 Å². The van der Waals surface area contributed by atoms with Gasteiger partial charge in [-0.25, -0.2) is 10.2 Å². The van der Waals surface area contributed by atoms with Gasteiger partial charge >= 0.3 is 6.03 Å². The van der Waals surface area contributed by atoms with Crippen molar-refractivity contribution < 1.29 is 28.5 Å². The second-order valence-corrected chi connectivity index (χ2v) is 6.36. The summed E-state index contributed by atoms with van der Waals surface area (Å²) in [6.45, 7) is -0.113. The molecule has 3 amide bonds. The van der Waals surface area contributed by atoms with Crippen molar-refractivity contribution in [1.82, 2.24) is 10.9 Å². The summed E-state index contributed by atoms with van der Waals surface area (Å²) in [5.74, 6) is 1.94. The number of hydrazine groups is 1. The molecule has 1 heterocycles. The Morgan fingerprint density at radius 1 is 0.900 bits per heavy atom. The Morgan fingerprint density at radius 3 is 2.43 bits per heavy atom. The van der Waals surface area contributed by atoms with Crippen molar-refractivity contribution in [3.05, 3.63) is 54.6 Å². The number of anilines is 1. The quantitative estimate of drug-likeness (QED) is 0.560. The number of amides is 3. The first-order valence-electron chi connectivity index (χ1n) is 9.07. The number of hydrogen-bond donors (Lipinski definition) is 3. The molecule has 0 atom stereocenters. The van der Waals surface area contributed by atoms with E-state index in [1.807, 2.05) is 30.3 Å². The maximum Gasteiger partial charge on any atom is 0.337 e. The van der Waals surface area contributed by atoms with Gasteiger partial charge in [-0.15, -0.1) is 0 Å². The lowest BCUT2D eigenvalue weighted by Crippen LogP contribution is -2.45. The van der Waals surface area contributed by atoms with E-state index in [1.54, 1.807) is 31.4 Å². The van der Waals surface area contributed by atoms with Crippen molar-refractivity contribution in [3.8, 4) is 23.0 Å². The molecule has 3 aromatic rings. The molecule has 1 aliphatic rings. The van der Waals surface area contributed by atoms with Gasteiger partial charge in [0.05, 0.1) is 7.11 Å². The van der Waals surface area contributed by atoms with Gasteiger partial charge in [0.2, 0.25) is 6.79 Å². The first-order valence-corrected chi connectivity index (χ1v) is 9.07. The topological polar surface area (TPSA) is 107 Å². The molecule has 0 bridgehead atoms. The number of nitrogens with one attached hydrogen (secondary N) is 3. The van der Waals surface area contributed by atoms with Crippen LogP contribution in [0.15, 0.2) is 54.6 Å². The van der Waals surface area contributed by atoms with Gasteiger partial charge in [-0.05, 0) is 47.2 Å². The molecule has 9 nitrogen and oxygen atoms in total. The highest BCUT2D eigenvalue weighted by Crippen LogP contribution is 2.34. The van der Waals surface area contributed by atoms with Crippen LogP contribution in [0.4, 0.5) is 10.5 Å². The van der Waals surface area contributed by atoms with Crippen molar-refractivity contribution in [1.29, 1.82) is 0 Å². The van der Waals surface area contributed by atoms with Crippen LogP contribution >= 0.6 is 0 Å². The Morgan fingerprint density at radius 2 is 1.63 bits per heavy atom. The van der Waals surface area contributed by atoms with Crippen molar-refractivity contribution in [2.24, 2.45) is 0 Å². The van der Waals surface area contributed by atoms with E-state index in [-0.39, 0.29) is 13.4 Å². The Bertz CT molecular complexity index is 1100. The van der Waals surface area contributed by atoms with Crippen LogP contribution in [0.3, 0.4) is 0 Å². The first kappa shape index (κ1) is 19.2. The fourth-order valence-electron chi connectivity index (χ4n) is 2.87. The van der Waals surface area contributed by atoms with Gasteiger partial charge in [0.1, 0.15) is 11.5 Å². The van der Waals surface area contributed by atoms with E-state index >= 15 is 0 Å². The Kier molecular flexibility index (Phi) is 5.42. The zero-order valence-corrected chi connectivity index (χ0v) is 16.1. The van der Waals surface area contributed by atoms with Crippen molar-refractivity contribution >= 4 is 28.4 Å². The first-order chi connectivity index (χ1) is 14.6. The van der Waals surface area contributed by atoms with E-state index in [2.05, 4.69) is 16.2 Å². The molecule has 0 radical (unpaired) electrons. The molecule has 9 heteroatoms. The van der Waals surface area contributed by atoms with Gasteiger partial charge in [0.15, 0.2) is 18.1 Å². The summed E-state index contributed by atoms with van der Waals surface area (Å²) in [6, 6.07) is 15.5. The maximum atomic E-state index is 11.9. The third-order valence-electron chi connectivity index (χ3n) is 4.33. The molecule has 0 saturated heterocycles. The molecule has 1 aliphatic heterocycles. The molecule has 0 spiro atoms. The Hall–Kier alpha value is -4.14. The molecular formula is C21H19N3O6. The minimum absolute atomic E-state index is 0.145. The average molecular weight is 409 g/mol. The number of fused-ring (bicyclic) bond motifs is 2. The van der Waals surface area contributed by atoms with Gasteiger partial charge in [0.25, 0.3) is 5.91 Å². The molecule has 0 unspecified atom stereocenters.